The number of aryl methyl sites for hydroxylation is 1. The Bertz CT molecular complexity index is 330. The molecule has 0 aliphatic rings. The number of carbonyl (C=O) groups excluding carboxylic acids is 1. The maximum Gasteiger partial charge on any atom is 0.323 e. The summed E-state index contributed by atoms with van der Waals surface area (Å²) in [5.74, 6) is 0.194. The third kappa shape index (κ3) is 2.58. The van der Waals surface area contributed by atoms with E-state index in [4.69, 9.17) is 5.73 Å². The Hall–Kier alpha value is -1.84. The Morgan fingerprint density at radius 3 is 2.64 bits per heavy atom. The summed E-state index contributed by atoms with van der Waals surface area (Å²) in [5.41, 5.74) is 7.50. The molecule has 0 aliphatic heterocycles. The van der Waals surface area contributed by atoms with Crippen molar-refractivity contribution in [2.75, 3.05) is 0 Å². The second-order valence-corrected chi connectivity index (χ2v) is 2.73. The van der Waals surface area contributed by atoms with E-state index in [0.717, 1.165) is 12.0 Å². The van der Waals surface area contributed by atoms with Crippen molar-refractivity contribution in [3.63, 3.8) is 0 Å². The van der Waals surface area contributed by atoms with Crippen molar-refractivity contribution in [1.29, 1.82) is 0 Å². The molecule has 4 nitrogen and oxygen atoms in total. The highest BCUT2D eigenvalue weighted by molar-refractivity contribution is 5.97. The van der Waals surface area contributed by atoms with Crippen LogP contribution in [0.2, 0.25) is 0 Å². The van der Waals surface area contributed by atoms with Crippen LogP contribution in [0.3, 0.4) is 0 Å². The maximum absolute atomic E-state index is 9.86. The quantitative estimate of drug-likeness (QED) is 0.255. The Labute approximate surface area is 82.4 Å². The van der Waals surface area contributed by atoms with E-state index >= 15 is 0 Å². The minimum Gasteiger partial charge on any atom is -0.380 e. The normalized spacial score (nSPS) is 11.1. The summed E-state index contributed by atoms with van der Waals surface area (Å²) in [4.78, 5) is 14.0. The smallest absolute Gasteiger partial charge is 0.323 e. The predicted octanol–water partition coefficient (Wildman–Crippen LogP) is 1.04. The molecule has 0 radical (unpaired) electrons. The predicted molar refractivity (Wildman–Crippen MR) is 53.7 cm³/mol. The molecular formula is C10H12N2O2. The fourth-order valence-corrected chi connectivity index (χ4v) is 1.04. The van der Waals surface area contributed by atoms with Gasteiger partial charge >= 0.3 is 6.47 Å². The van der Waals surface area contributed by atoms with E-state index < -0.39 is 0 Å². The molecule has 0 bridgehead atoms. The van der Waals surface area contributed by atoms with Crippen LogP contribution in [0.15, 0.2) is 29.4 Å². The van der Waals surface area contributed by atoms with E-state index in [2.05, 4.69) is 16.9 Å². The highest BCUT2D eigenvalue weighted by Gasteiger charge is 1.98. The first-order valence-corrected chi connectivity index (χ1v) is 4.30. The number of hydrogen-bond donors (Lipinski definition) is 1. The fourth-order valence-electron chi connectivity index (χ4n) is 1.04. The zero-order valence-corrected chi connectivity index (χ0v) is 7.93. The lowest BCUT2D eigenvalue weighted by Crippen LogP contribution is -2.13. The number of nitrogens with two attached hydrogens (primary N) is 1. The second-order valence-electron chi connectivity index (χ2n) is 2.73. The topological polar surface area (TPSA) is 64.7 Å². The van der Waals surface area contributed by atoms with Gasteiger partial charge in [-0.05, 0) is 12.0 Å². The zero-order valence-electron chi connectivity index (χ0n) is 7.93. The van der Waals surface area contributed by atoms with Crippen molar-refractivity contribution >= 4 is 12.3 Å². The van der Waals surface area contributed by atoms with Crippen molar-refractivity contribution in [1.82, 2.24) is 0 Å². The molecule has 0 unspecified atom stereocenters. The SMILES string of the molecule is CCc1ccc(/C(N)=N/OC=O)cc1. The van der Waals surface area contributed by atoms with Gasteiger partial charge in [-0.15, -0.1) is 0 Å². The monoisotopic (exact) mass is 192 g/mol. The Morgan fingerprint density at radius 1 is 1.50 bits per heavy atom. The first kappa shape index (κ1) is 10.2. The molecule has 0 amide bonds. The molecule has 1 aromatic carbocycles. The molecule has 74 valence electrons. The lowest BCUT2D eigenvalue weighted by atomic mass is 10.1. The number of nitrogens with zero attached hydrogens (tertiary/aromatic N) is 1. The summed E-state index contributed by atoms with van der Waals surface area (Å²) >= 11 is 0. The van der Waals surface area contributed by atoms with Gasteiger partial charge in [0.05, 0.1) is 0 Å². The molecule has 1 aromatic rings. The van der Waals surface area contributed by atoms with Crippen LogP contribution in [0.5, 0.6) is 0 Å². The van der Waals surface area contributed by atoms with Crippen LogP contribution >= 0.6 is 0 Å². The van der Waals surface area contributed by atoms with Gasteiger partial charge < -0.3 is 10.6 Å². The number of rotatable bonds is 4. The fraction of sp³-hybridized carbons (Fsp3) is 0.200. The van der Waals surface area contributed by atoms with Crippen molar-refractivity contribution in [3.8, 4) is 0 Å². The first-order chi connectivity index (χ1) is 6.77. The van der Waals surface area contributed by atoms with Gasteiger partial charge in [0.2, 0.25) is 0 Å². The summed E-state index contributed by atoms with van der Waals surface area (Å²) in [7, 11) is 0. The van der Waals surface area contributed by atoms with Gasteiger partial charge in [-0.25, -0.2) is 0 Å². The number of hydrogen-bond acceptors (Lipinski definition) is 3. The molecule has 0 saturated heterocycles. The molecule has 0 saturated carbocycles. The van der Waals surface area contributed by atoms with Gasteiger partial charge in [0, 0.05) is 5.56 Å². The third-order valence-electron chi connectivity index (χ3n) is 1.85. The van der Waals surface area contributed by atoms with Crippen LogP contribution < -0.4 is 5.73 Å². The molecule has 0 heterocycles. The highest BCUT2D eigenvalue weighted by atomic mass is 16.7. The Balaban J connectivity index is 2.80. The molecule has 0 aliphatic carbocycles. The van der Waals surface area contributed by atoms with E-state index in [9.17, 15) is 4.79 Å². The van der Waals surface area contributed by atoms with Crippen molar-refractivity contribution in [2.45, 2.75) is 13.3 Å². The maximum atomic E-state index is 9.86. The van der Waals surface area contributed by atoms with Gasteiger partial charge in [-0.3, -0.25) is 4.79 Å². The van der Waals surface area contributed by atoms with Gasteiger partial charge in [0.1, 0.15) is 0 Å². The van der Waals surface area contributed by atoms with Crippen molar-refractivity contribution in [3.05, 3.63) is 35.4 Å². The summed E-state index contributed by atoms with van der Waals surface area (Å²) in [6, 6.07) is 7.59. The van der Waals surface area contributed by atoms with Crippen LogP contribution in [0.25, 0.3) is 0 Å². The number of amidine groups is 1. The lowest BCUT2D eigenvalue weighted by Gasteiger charge is -2.00. The van der Waals surface area contributed by atoms with E-state index in [1.165, 1.54) is 5.56 Å². The largest absolute Gasteiger partial charge is 0.380 e. The van der Waals surface area contributed by atoms with Crippen molar-refractivity contribution in [2.24, 2.45) is 10.9 Å². The van der Waals surface area contributed by atoms with Gasteiger partial charge in [0.25, 0.3) is 0 Å². The molecule has 14 heavy (non-hydrogen) atoms. The van der Waals surface area contributed by atoms with E-state index in [0.29, 0.717) is 0 Å². The minimum absolute atomic E-state index is 0.194. The minimum atomic E-state index is 0.194. The molecule has 4 heteroatoms. The number of benzene rings is 1. The number of oxime groups is 1. The third-order valence-corrected chi connectivity index (χ3v) is 1.85. The average Bonchev–Trinajstić information content (AvgIpc) is 2.26. The summed E-state index contributed by atoms with van der Waals surface area (Å²) in [6.45, 7) is 2.30. The average molecular weight is 192 g/mol. The van der Waals surface area contributed by atoms with Crippen LogP contribution in [0.1, 0.15) is 18.1 Å². The Morgan fingerprint density at radius 2 is 2.14 bits per heavy atom. The van der Waals surface area contributed by atoms with Crippen LogP contribution in [0.4, 0.5) is 0 Å². The van der Waals surface area contributed by atoms with E-state index in [-0.39, 0.29) is 12.3 Å². The molecule has 0 atom stereocenters. The standard InChI is InChI=1S/C10H12N2O2/c1-2-8-3-5-9(6-4-8)10(11)12-14-7-13/h3-7H,2H2,1H3,(H2,11,12). The molecule has 1 rings (SSSR count). The zero-order chi connectivity index (χ0) is 10.4. The number of carbonyl (C=O) groups is 1. The highest BCUT2D eigenvalue weighted by Crippen LogP contribution is 2.04. The molecule has 2 N–H and O–H groups in total. The summed E-state index contributed by atoms with van der Waals surface area (Å²) in [5, 5.41) is 3.39. The van der Waals surface area contributed by atoms with Gasteiger partial charge in [-0.2, -0.15) is 0 Å². The molecule has 0 spiro atoms. The summed E-state index contributed by atoms with van der Waals surface area (Å²) in [6.07, 6.45) is 0.974. The lowest BCUT2D eigenvalue weighted by molar-refractivity contribution is -0.128. The van der Waals surface area contributed by atoms with Crippen LogP contribution in [-0.2, 0) is 16.1 Å². The van der Waals surface area contributed by atoms with Gasteiger partial charge in [-0.1, -0.05) is 36.3 Å². The molecule has 0 fully saturated rings. The van der Waals surface area contributed by atoms with Crippen LogP contribution in [0, 0.1) is 0 Å². The Kier molecular flexibility index (Phi) is 3.67. The second kappa shape index (κ2) is 5.01. The van der Waals surface area contributed by atoms with Crippen molar-refractivity contribution < 1.29 is 9.63 Å². The van der Waals surface area contributed by atoms with E-state index in [1.54, 1.807) is 0 Å². The summed E-state index contributed by atoms with van der Waals surface area (Å²) < 4.78 is 0. The van der Waals surface area contributed by atoms with Crippen LogP contribution in [-0.4, -0.2) is 12.3 Å². The molecule has 0 aromatic heterocycles. The van der Waals surface area contributed by atoms with E-state index in [1.807, 2.05) is 24.3 Å². The van der Waals surface area contributed by atoms with Gasteiger partial charge in [0.15, 0.2) is 5.84 Å². The first-order valence-electron chi connectivity index (χ1n) is 4.30. The molecular weight excluding hydrogens is 180 g/mol.